The zero-order chi connectivity index (χ0) is 27.8. The van der Waals surface area contributed by atoms with Crippen molar-refractivity contribution in [2.75, 3.05) is 17.1 Å². The van der Waals surface area contributed by atoms with E-state index < -0.39 is 16.1 Å². The largest absolute Gasteiger partial charge is 0.352 e. The van der Waals surface area contributed by atoms with Gasteiger partial charge in [0, 0.05) is 41.2 Å². The number of carbonyl (C=O) groups excluding carboxylic acids is 2. The highest BCUT2D eigenvalue weighted by Gasteiger charge is 2.30. The molecular formula is C27H37Cl2N3O4S. The van der Waals surface area contributed by atoms with E-state index in [4.69, 9.17) is 23.2 Å². The first-order valence-corrected chi connectivity index (χ1v) is 15.1. The van der Waals surface area contributed by atoms with Gasteiger partial charge in [-0.25, -0.2) is 8.42 Å². The second kappa shape index (κ2) is 14.0. The number of hydrogen-bond acceptors (Lipinski definition) is 4. The van der Waals surface area contributed by atoms with E-state index in [1.807, 2.05) is 33.8 Å². The fourth-order valence-electron chi connectivity index (χ4n) is 4.00. The Balaban J connectivity index is 2.28. The molecule has 2 aromatic rings. The topological polar surface area (TPSA) is 86.8 Å². The molecule has 0 aliphatic heterocycles. The monoisotopic (exact) mass is 569 g/mol. The van der Waals surface area contributed by atoms with Crippen LogP contribution in [0.25, 0.3) is 0 Å². The van der Waals surface area contributed by atoms with Crippen LogP contribution in [0.1, 0.15) is 57.6 Å². The third kappa shape index (κ3) is 8.90. The van der Waals surface area contributed by atoms with Crippen molar-refractivity contribution in [3.63, 3.8) is 0 Å². The minimum atomic E-state index is -3.55. The van der Waals surface area contributed by atoms with Gasteiger partial charge in [0.15, 0.2) is 0 Å². The molecule has 2 atom stereocenters. The first-order chi connectivity index (χ1) is 17.4. The average Bonchev–Trinajstić information content (AvgIpc) is 2.82. The number of anilines is 1. The quantitative estimate of drug-likeness (QED) is 0.341. The van der Waals surface area contributed by atoms with Crippen molar-refractivity contribution < 1.29 is 18.0 Å². The SMILES string of the molecule is CC[C@@H](C)NC(=O)[C@H](CC)N(Cc1c(Cl)cccc1Cl)C(=O)CCCN(c1cccc(C)c1)S(C)(=O)=O. The number of rotatable bonds is 13. The van der Waals surface area contributed by atoms with Crippen LogP contribution < -0.4 is 9.62 Å². The van der Waals surface area contributed by atoms with Crippen LogP contribution >= 0.6 is 23.2 Å². The summed E-state index contributed by atoms with van der Waals surface area (Å²) in [6.07, 6.45) is 2.62. The van der Waals surface area contributed by atoms with Gasteiger partial charge in [-0.05, 0) is 62.9 Å². The van der Waals surface area contributed by atoms with Crippen LogP contribution in [0.15, 0.2) is 42.5 Å². The van der Waals surface area contributed by atoms with Gasteiger partial charge in [0.05, 0.1) is 11.9 Å². The Kier molecular flexibility index (Phi) is 11.7. The van der Waals surface area contributed by atoms with Gasteiger partial charge in [0.2, 0.25) is 21.8 Å². The Morgan fingerprint density at radius 1 is 1.03 bits per heavy atom. The summed E-state index contributed by atoms with van der Waals surface area (Å²) in [4.78, 5) is 28.2. The summed E-state index contributed by atoms with van der Waals surface area (Å²) in [5.74, 6) is -0.522. The fraction of sp³-hybridized carbons (Fsp3) is 0.481. The highest BCUT2D eigenvalue weighted by atomic mass is 35.5. The number of benzene rings is 2. The van der Waals surface area contributed by atoms with Crippen LogP contribution in [-0.2, 0) is 26.2 Å². The summed E-state index contributed by atoms with van der Waals surface area (Å²) in [7, 11) is -3.55. The number of nitrogens with one attached hydrogen (secondary N) is 1. The van der Waals surface area contributed by atoms with Crippen molar-refractivity contribution in [3.8, 4) is 0 Å². The van der Waals surface area contributed by atoms with Gasteiger partial charge in [0.1, 0.15) is 6.04 Å². The molecule has 0 fully saturated rings. The highest BCUT2D eigenvalue weighted by molar-refractivity contribution is 7.92. The summed E-state index contributed by atoms with van der Waals surface area (Å²) in [6.45, 7) is 7.81. The molecule has 10 heteroatoms. The first-order valence-electron chi connectivity index (χ1n) is 12.5. The number of aryl methyl sites for hydroxylation is 1. The summed E-state index contributed by atoms with van der Waals surface area (Å²) >= 11 is 12.8. The normalized spacial score (nSPS) is 13.1. The van der Waals surface area contributed by atoms with Crippen molar-refractivity contribution in [1.29, 1.82) is 0 Å². The molecule has 1 N–H and O–H groups in total. The van der Waals surface area contributed by atoms with E-state index in [0.717, 1.165) is 18.2 Å². The molecule has 0 saturated carbocycles. The second-order valence-electron chi connectivity index (χ2n) is 9.24. The fourth-order valence-corrected chi connectivity index (χ4v) is 5.48. The van der Waals surface area contributed by atoms with E-state index in [-0.39, 0.29) is 43.8 Å². The third-order valence-corrected chi connectivity index (χ3v) is 8.12. The zero-order valence-corrected chi connectivity index (χ0v) is 24.5. The number of carbonyl (C=O) groups is 2. The van der Waals surface area contributed by atoms with E-state index >= 15 is 0 Å². The predicted molar refractivity (Wildman–Crippen MR) is 152 cm³/mol. The van der Waals surface area contributed by atoms with Gasteiger partial charge in [-0.15, -0.1) is 0 Å². The lowest BCUT2D eigenvalue weighted by Crippen LogP contribution is -2.50. The molecule has 0 aromatic heterocycles. The smallest absolute Gasteiger partial charge is 0.243 e. The molecule has 0 radical (unpaired) electrons. The summed E-state index contributed by atoms with van der Waals surface area (Å²) in [6, 6.07) is 11.5. The van der Waals surface area contributed by atoms with E-state index in [1.165, 1.54) is 9.21 Å². The molecule has 2 amide bonds. The number of nitrogens with zero attached hydrogens (tertiary/aromatic N) is 2. The number of halogens is 2. The molecule has 37 heavy (non-hydrogen) atoms. The maximum absolute atomic E-state index is 13.5. The standard InChI is InChI=1S/C27H37Cl2N3O4S/c1-6-20(4)30-27(34)25(7-2)31(18-22-23(28)13-9-14-24(22)29)26(33)15-10-16-32(37(5,35)36)21-12-8-11-19(3)17-21/h8-9,11-14,17,20,25H,6-7,10,15-16,18H2,1-5H3,(H,30,34)/t20-,25+/m1/s1. The molecule has 0 aliphatic rings. The average molecular weight is 571 g/mol. The lowest BCUT2D eigenvalue weighted by molar-refractivity contribution is -0.141. The summed E-state index contributed by atoms with van der Waals surface area (Å²) in [5.41, 5.74) is 2.05. The second-order valence-corrected chi connectivity index (χ2v) is 12.0. The summed E-state index contributed by atoms with van der Waals surface area (Å²) in [5, 5.41) is 3.78. The molecule has 7 nitrogen and oxygen atoms in total. The molecule has 0 heterocycles. The van der Waals surface area contributed by atoms with E-state index in [1.54, 1.807) is 36.4 Å². The van der Waals surface area contributed by atoms with Crippen molar-refractivity contribution in [1.82, 2.24) is 10.2 Å². The number of sulfonamides is 1. The molecule has 0 bridgehead atoms. The zero-order valence-electron chi connectivity index (χ0n) is 22.1. The van der Waals surface area contributed by atoms with Crippen molar-refractivity contribution >= 4 is 50.7 Å². The minimum Gasteiger partial charge on any atom is -0.352 e. The molecule has 204 valence electrons. The Morgan fingerprint density at radius 2 is 1.65 bits per heavy atom. The van der Waals surface area contributed by atoms with Gasteiger partial charge in [-0.3, -0.25) is 13.9 Å². The Bertz CT molecular complexity index is 1170. The molecule has 2 rings (SSSR count). The van der Waals surface area contributed by atoms with Crippen molar-refractivity contribution in [2.24, 2.45) is 0 Å². The van der Waals surface area contributed by atoms with Crippen LogP contribution in [-0.4, -0.2) is 50.0 Å². The lowest BCUT2D eigenvalue weighted by Gasteiger charge is -2.32. The Morgan fingerprint density at radius 3 is 2.19 bits per heavy atom. The van der Waals surface area contributed by atoms with Crippen molar-refractivity contribution in [3.05, 3.63) is 63.6 Å². The lowest BCUT2D eigenvalue weighted by atomic mass is 10.1. The van der Waals surface area contributed by atoms with Crippen LogP contribution in [0, 0.1) is 6.92 Å². The van der Waals surface area contributed by atoms with Crippen molar-refractivity contribution in [2.45, 2.75) is 72.0 Å². The molecule has 0 saturated heterocycles. The van der Waals surface area contributed by atoms with Crippen LogP contribution in [0.4, 0.5) is 5.69 Å². The van der Waals surface area contributed by atoms with Gasteiger partial charge in [-0.1, -0.05) is 55.2 Å². The van der Waals surface area contributed by atoms with Gasteiger partial charge < -0.3 is 10.2 Å². The van der Waals surface area contributed by atoms with E-state index in [0.29, 0.717) is 27.7 Å². The van der Waals surface area contributed by atoms with Gasteiger partial charge in [0.25, 0.3) is 0 Å². The molecule has 0 unspecified atom stereocenters. The Hall–Kier alpha value is -2.29. The molecule has 0 spiro atoms. The van der Waals surface area contributed by atoms with Crippen LogP contribution in [0.5, 0.6) is 0 Å². The Labute approximate surface area is 231 Å². The predicted octanol–water partition coefficient (Wildman–Crippen LogP) is 5.57. The summed E-state index contributed by atoms with van der Waals surface area (Å²) < 4.78 is 26.3. The molecule has 0 aliphatic carbocycles. The van der Waals surface area contributed by atoms with E-state index in [2.05, 4.69) is 5.32 Å². The third-order valence-electron chi connectivity index (χ3n) is 6.22. The molecule has 2 aromatic carbocycles. The highest BCUT2D eigenvalue weighted by Crippen LogP contribution is 2.28. The first kappa shape index (κ1) is 30.9. The van der Waals surface area contributed by atoms with Crippen LogP contribution in [0.3, 0.4) is 0 Å². The maximum Gasteiger partial charge on any atom is 0.243 e. The van der Waals surface area contributed by atoms with Crippen LogP contribution in [0.2, 0.25) is 10.0 Å². The number of hydrogen-bond donors (Lipinski definition) is 1. The van der Waals surface area contributed by atoms with Gasteiger partial charge >= 0.3 is 0 Å². The van der Waals surface area contributed by atoms with Gasteiger partial charge in [-0.2, -0.15) is 0 Å². The number of amides is 2. The molecular weight excluding hydrogens is 533 g/mol. The minimum absolute atomic E-state index is 0.0416. The van der Waals surface area contributed by atoms with E-state index in [9.17, 15) is 18.0 Å². The maximum atomic E-state index is 13.5.